The number of aryl methyl sites for hydroxylation is 1. The Bertz CT molecular complexity index is 436. The fourth-order valence-corrected chi connectivity index (χ4v) is 2.55. The van der Waals surface area contributed by atoms with E-state index in [0.717, 1.165) is 51.5 Å². The highest BCUT2D eigenvalue weighted by Crippen LogP contribution is 2.31. The maximum Gasteiger partial charge on any atom is 0.225 e. The minimum atomic E-state index is 0. The number of hydrogen-bond acceptors (Lipinski definition) is 3. The van der Waals surface area contributed by atoms with Gasteiger partial charge in [0.15, 0.2) is 0 Å². The molecular formula is C13H21ClN4O. The van der Waals surface area contributed by atoms with E-state index in [0.29, 0.717) is 11.8 Å². The lowest BCUT2D eigenvalue weighted by atomic mass is 10.2. The SMILES string of the molecule is CCn1ccnc1N1CCN(C(=O)C2CC2)CC1.Cl. The number of halogens is 1. The van der Waals surface area contributed by atoms with Gasteiger partial charge in [0.2, 0.25) is 11.9 Å². The van der Waals surface area contributed by atoms with E-state index in [-0.39, 0.29) is 12.4 Å². The summed E-state index contributed by atoms with van der Waals surface area (Å²) < 4.78 is 2.15. The zero-order valence-electron chi connectivity index (χ0n) is 11.3. The average Bonchev–Trinajstić information content (AvgIpc) is 3.16. The van der Waals surface area contributed by atoms with Gasteiger partial charge in [0.05, 0.1) is 0 Å². The van der Waals surface area contributed by atoms with Crippen LogP contribution in [0.5, 0.6) is 0 Å². The van der Waals surface area contributed by atoms with Crippen LogP contribution in [0.25, 0.3) is 0 Å². The number of imidazole rings is 1. The van der Waals surface area contributed by atoms with E-state index in [9.17, 15) is 4.79 Å². The van der Waals surface area contributed by atoms with Crippen LogP contribution in [0.3, 0.4) is 0 Å². The molecule has 2 aliphatic rings. The summed E-state index contributed by atoms with van der Waals surface area (Å²) in [6.07, 6.45) is 6.05. The van der Waals surface area contributed by atoms with Gasteiger partial charge in [-0.3, -0.25) is 4.79 Å². The third-order valence-corrected chi connectivity index (χ3v) is 3.83. The Morgan fingerprint density at radius 2 is 2.00 bits per heavy atom. The second kappa shape index (κ2) is 5.82. The first-order valence-corrected chi connectivity index (χ1v) is 6.84. The van der Waals surface area contributed by atoms with Gasteiger partial charge in [-0.2, -0.15) is 0 Å². The van der Waals surface area contributed by atoms with Gasteiger partial charge in [0, 0.05) is 51.0 Å². The van der Waals surface area contributed by atoms with Crippen LogP contribution in [0.4, 0.5) is 5.95 Å². The normalized spacial score (nSPS) is 19.2. The molecule has 1 saturated heterocycles. The molecule has 0 unspecified atom stereocenters. The van der Waals surface area contributed by atoms with Crippen molar-refractivity contribution in [2.24, 2.45) is 5.92 Å². The minimum Gasteiger partial charge on any atom is -0.339 e. The summed E-state index contributed by atoms with van der Waals surface area (Å²) in [5, 5.41) is 0. The average molecular weight is 285 g/mol. The number of hydrogen-bond donors (Lipinski definition) is 0. The molecule has 0 atom stereocenters. The predicted octanol–water partition coefficient (Wildman–Crippen LogP) is 1.38. The predicted molar refractivity (Wildman–Crippen MR) is 76.7 cm³/mol. The molecule has 2 heterocycles. The number of carbonyl (C=O) groups excluding carboxylic acids is 1. The maximum atomic E-state index is 12.0. The molecule has 106 valence electrons. The van der Waals surface area contributed by atoms with Crippen molar-refractivity contribution in [1.82, 2.24) is 14.5 Å². The molecule has 6 heteroatoms. The summed E-state index contributed by atoms with van der Waals surface area (Å²) in [6.45, 7) is 6.54. The van der Waals surface area contributed by atoms with Gasteiger partial charge in [-0.25, -0.2) is 4.98 Å². The Morgan fingerprint density at radius 1 is 1.32 bits per heavy atom. The summed E-state index contributed by atoms with van der Waals surface area (Å²) in [5.74, 6) is 1.75. The highest BCUT2D eigenvalue weighted by Gasteiger charge is 2.34. The molecule has 0 aromatic carbocycles. The first-order valence-electron chi connectivity index (χ1n) is 6.84. The Labute approximate surface area is 120 Å². The van der Waals surface area contributed by atoms with Crippen LogP contribution in [0, 0.1) is 5.92 Å². The lowest BCUT2D eigenvalue weighted by Crippen LogP contribution is -2.50. The molecule has 1 aromatic rings. The lowest BCUT2D eigenvalue weighted by Gasteiger charge is -2.35. The number of anilines is 1. The molecule has 0 bridgehead atoms. The first kappa shape index (κ1) is 14.2. The Kier molecular flexibility index (Phi) is 4.34. The van der Waals surface area contributed by atoms with Crippen molar-refractivity contribution in [1.29, 1.82) is 0 Å². The number of piperazine rings is 1. The van der Waals surface area contributed by atoms with Crippen molar-refractivity contribution >= 4 is 24.3 Å². The highest BCUT2D eigenvalue weighted by molar-refractivity contribution is 5.85. The molecule has 2 fully saturated rings. The largest absolute Gasteiger partial charge is 0.339 e. The molecule has 1 saturated carbocycles. The summed E-state index contributed by atoms with van der Waals surface area (Å²) >= 11 is 0. The van der Waals surface area contributed by atoms with Gasteiger partial charge >= 0.3 is 0 Å². The topological polar surface area (TPSA) is 41.4 Å². The summed E-state index contributed by atoms with van der Waals surface area (Å²) in [4.78, 5) is 20.7. The monoisotopic (exact) mass is 284 g/mol. The van der Waals surface area contributed by atoms with Gasteiger partial charge in [-0.05, 0) is 19.8 Å². The van der Waals surface area contributed by atoms with Crippen molar-refractivity contribution < 1.29 is 4.79 Å². The zero-order chi connectivity index (χ0) is 12.5. The Balaban J connectivity index is 0.00000133. The number of carbonyl (C=O) groups is 1. The van der Waals surface area contributed by atoms with E-state index in [1.807, 2.05) is 17.3 Å². The fraction of sp³-hybridized carbons (Fsp3) is 0.692. The molecule has 3 rings (SSSR count). The van der Waals surface area contributed by atoms with Crippen LogP contribution in [0.2, 0.25) is 0 Å². The van der Waals surface area contributed by atoms with Gasteiger partial charge in [-0.1, -0.05) is 0 Å². The minimum absolute atomic E-state index is 0. The van der Waals surface area contributed by atoms with E-state index in [4.69, 9.17) is 0 Å². The molecule has 1 aromatic heterocycles. The van der Waals surface area contributed by atoms with Gasteiger partial charge in [-0.15, -0.1) is 12.4 Å². The van der Waals surface area contributed by atoms with Gasteiger partial charge in [0.1, 0.15) is 0 Å². The molecule has 0 radical (unpaired) electrons. The molecule has 5 nitrogen and oxygen atoms in total. The highest BCUT2D eigenvalue weighted by atomic mass is 35.5. The van der Waals surface area contributed by atoms with Crippen molar-refractivity contribution in [3.8, 4) is 0 Å². The van der Waals surface area contributed by atoms with Gasteiger partial charge < -0.3 is 14.4 Å². The van der Waals surface area contributed by atoms with Crippen LogP contribution >= 0.6 is 12.4 Å². The van der Waals surface area contributed by atoms with Crippen molar-refractivity contribution in [3.05, 3.63) is 12.4 Å². The molecular weight excluding hydrogens is 264 g/mol. The molecule has 1 aliphatic heterocycles. The van der Waals surface area contributed by atoms with E-state index >= 15 is 0 Å². The Morgan fingerprint density at radius 3 is 2.58 bits per heavy atom. The molecule has 1 amide bonds. The van der Waals surface area contributed by atoms with E-state index in [1.165, 1.54) is 0 Å². The number of nitrogens with zero attached hydrogens (tertiary/aromatic N) is 4. The number of rotatable bonds is 3. The van der Waals surface area contributed by atoms with E-state index < -0.39 is 0 Å². The molecule has 19 heavy (non-hydrogen) atoms. The number of aromatic nitrogens is 2. The summed E-state index contributed by atoms with van der Waals surface area (Å²) in [6, 6.07) is 0. The van der Waals surface area contributed by atoms with Crippen molar-refractivity contribution in [2.75, 3.05) is 31.1 Å². The lowest BCUT2D eigenvalue weighted by molar-refractivity contribution is -0.132. The van der Waals surface area contributed by atoms with Crippen LogP contribution in [-0.2, 0) is 11.3 Å². The second-order valence-corrected chi connectivity index (χ2v) is 5.10. The van der Waals surface area contributed by atoms with Crippen LogP contribution in [0.15, 0.2) is 12.4 Å². The fourth-order valence-electron chi connectivity index (χ4n) is 2.55. The number of amides is 1. The van der Waals surface area contributed by atoms with Crippen LogP contribution < -0.4 is 4.90 Å². The van der Waals surface area contributed by atoms with E-state index in [2.05, 4.69) is 21.4 Å². The molecule has 0 spiro atoms. The summed E-state index contributed by atoms with van der Waals surface area (Å²) in [5.41, 5.74) is 0. The molecule has 1 aliphatic carbocycles. The smallest absolute Gasteiger partial charge is 0.225 e. The molecule has 0 N–H and O–H groups in total. The van der Waals surface area contributed by atoms with E-state index in [1.54, 1.807) is 0 Å². The third kappa shape index (κ3) is 2.86. The Hall–Kier alpha value is -1.23. The van der Waals surface area contributed by atoms with Crippen LogP contribution in [0.1, 0.15) is 19.8 Å². The van der Waals surface area contributed by atoms with Crippen molar-refractivity contribution in [2.45, 2.75) is 26.3 Å². The first-order chi connectivity index (χ1) is 8.79. The zero-order valence-corrected chi connectivity index (χ0v) is 12.1. The second-order valence-electron chi connectivity index (χ2n) is 5.10. The standard InChI is InChI=1S/C13H20N4O.ClH/c1-2-15-6-5-14-13(15)17-9-7-16(8-10-17)12(18)11-3-4-11;/h5-6,11H,2-4,7-10H2,1H3;1H. The van der Waals surface area contributed by atoms with Gasteiger partial charge in [0.25, 0.3) is 0 Å². The quantitative estimate of drug-likeness (QED) is 0.842. The van der Waals surface area contributed by atoms with Crippen molar-refractivity contribution in [3.63, 3.8) is 0 Å². The van der Waals surface area contributed by atoms with Crippen LogP contribution in [-0.4, -0.2) is 46.5 Å². The maximum absolute atomic E-state index is 12.0. The third-order valence-electron chi connectivity index (χ3n) is 3.83. The summed E-state index contributed by atoms with van der Waals surface area (Å²) in [7, 11) is 0.